The van der Waals surface area contributed by atoms with Crippen LogP contribution in [0.3, 0.4) is 0 Å². The standard InChI is InChI=1S/C20H27N3O3.HI/c1-24-15-17-6-3-4-7-19(17)23-20(21)22-12-5-13-26-14-16-8-10-18(25-2)11-9-16;/h3-4,6-11H,5,12-15H2,1-2H3,(H3,21,22,23);1H. The molecular weight excluding hydrogens is 457 g/mol. The molecule has 3 N–H and O–H groups in total. The molecule has 6 nitrogen and oxygen atoms in total. The number of ether oxygens (including phenoxy) is 3. The quantitative estimate of drug-likeness (QED) is 0.232. The molecule has 0 aliphatic rings. The second kappa shape index (κ2) is 13.3. The summed E-state index contributed by atoms with van der Waals surface area (Å²) in [5.41, 5.74) is 9.01. The molecule has 0 spiro atoms. The van der Waals surface area contributed by atoms with E-state index in [4.69, 9.17) is 19.9 Å². The van der Waals surface area contributed by atoms with Crippen LogP contribution in [0.5, 0.6) is 5.75 Å². The molecule has 2 aromatic rings. The molecule has 0 bridgehead atoms. The predicted octanol–water partition coefficient (Wildman–Crippen LogP) is 3.79. The molecular formula is C20H28IN3O3. The number of hydrogen-bond acceptors (Lipinski definition) is 4. The lowest BCUT2D eigenvalue weighted by molar-refractivity contribution is 0.120. The van der Waals surface area contributed by atoms with Gasteiger partial charge in [-0.05, 0) is 30.2 Å². The number of rotatable bonds is 10. The number of guanidine groups is 1. The van der Waals surface area contributed by atoms with E-state index in [1.807, 2.05) is 48.5 Å². The average molecular weight is 485 g/mol. The Balaban J connectivity index is 0.00000364. The first-order chi connectivity index (χ1) is 12.7. The van der Waals surface area contributed by atoms with Gasteiger partial charge in [0.1, 0.15) is 5.75 Å². The average Bonchev–Trinajstić information content (AvgIpc) is 2.67. The van der Waals surface area contributed by atoms with Gasteiger partial charge >= 0.3 is 0 Å². The molecule has 2 rings (SSSR count). The van der Waals surface area contributed by atoms with Gasteiger partial charge in [0, 0.05) is 31.5 Å². The van der Waals surface area contributed by atoms with Gasteiger partial charge in [-0.3, -0.25) is 4.99 Å². The lowest BCUT2D eigenvalue weighted by Gasteiger charge is -2.10. The van der Waals surface area contributed by atoms with E-state index >= 15 is 0 Å². The number of methoxy groups -OCH3 is 2. The van der Waals surface area contributed by atoms with Crippen molar-refractivity contribution >= 4 is 35.6 Å². The Morgan fingerprint density at radius 1 is 1.04 bits per heavy atom. The van der Waals surface area contributed by atoms with Crippen molar-refractivity contribution < 1.29 is 14.2 Å². The summed E-state index contributed by atoms with van der Waals surface area (Å²) in [5.74, 6) is 1.24. The number of aliphatic imine (C=N–C) groups is 1. The molecule has 2 aromatic carbocycles. The second-order valence-electron chi connectivity index (χ2n) is 5.74. The Morgan fingerprint density at radius 3 is 2.48 bits per heavy atom. The summed E-state index contributed by atoms with van der Waals surface area (Å²) in [6.07, 6.45) is 0.804. The van der Waals surface area contributed by atoms with Crippen LogP contribution in [0.4, 0.5) is 5.69 Å². The highest BCUT2D eigenvalue weighted by Crippen LogP contribution is 2.15. The third kappa shape index (κ3) is 8.59. The van der Waals surface area contributed by atoms with Crippen LogP contribution in [-0.2, 0) is 22.7 Å². The van der Waals surface area contributed by atoms with Crippen LogP contribution >= 0.6 is 24.0 Å². The molecule has 0 unspecified atom stereocenters. The highest BCUT2D eigenvalue weighted by molar-refractivity contribution is 14.0. The number of hydrogen-bond donors (Lipinski definition) is 2. The maximum atomic E-state index is 5.95. The Hall–Kier alpha value is -1.84. The van der Waals surface area contributed by atoms with E-state index in [1.165, 1.54) is 0 Å². The minimum atomic E-state index is 0. The van der Waals surface area contributed by atoms with Crippen molar-refractivity contribution in [2.24, 2.45) is 10.7 Å². The maximum Gasteiger partial charge on any atom is 0.193 e. The molecule has 27 heavy (non-hydrogen) atoms. The zero-order chi connectivity index (χ0) is 18.6. The van der Waals surface area contributed by atoms with Crippen molar-refractivity contribution in [1.82, 2.24) is 0 Å². The molecule has 0 fully saturated rings. The first-order valence-corrected chi connectivity index (χ1v) is 8.57. The molecule has 0 aliphatic heterocycles. The number of nitrogens with one attached hydrogen (secondary N) is 1. The van der Waals surface area contributed by atoms with Crippen molar-refractivity contribution in [1.29, 1.82) is 0 Å². The van der Waals surface area contributed by atoms with Crippen molar-refractivity contribution in [2.45, 2.75) is 19.6 Å². The lowest BCUT2D eigenvalue weighted by atomic mass is 10.2. The Labute approximate surface area is 178 Å². The van der Waals surface area contributed by atoms with Gasteiger partial charge in [0.15, 0.2) is 5.96 Å². The zero-order valence-electron chi connectivity index (χ0n) is 15.8. The number of nitrogens with two attached hydrogens (primary N) is 1. The van der Waals surface area contributed by atoms with Gasteiger partial charge in [-0.15, -0.1) is 24.0 Å². The first kappa shape index (κ1) is 23.2. The SMILES string of the molecule is COCc1ccccc1NC(N)=NCCCOCc1ccc(OC)cc1.I. The summed E-state index contributed by atoms with van der Waals surface area (Å²) in [7, 11) is 3.32. The first-order valence-electron chi connectivity index (χ1n) is 8.57. The predicted molar refractivity (Wildman–Crippen MR) is 120 cm³/mol. The maximum absolute atomic E-state index is 5.95. The Morgan fingerprint density at radius 2 is 1.78 bits per heavy atom. The molecule has 0 atom stereocenters. The molecule has 7 heteroatoms. The third-order valence-corrected chi connectivity index (χ3v) is 3.74. The molecule has 0 aromatic heterocycles. The van der Waals surface area contributed by atoms with Gasteiger partial charge in [-0.25, -0.2) is 0 Å². The van der Waals surface area contributed by atoms with Crippen LogP contribution in [0.1, 0.15) is 17.5 Å². The Kier molecular flexibility index (Phi) is 11.5. The number of nitrogens with zero attached hydrogens (tertiary/aromatic N) is 1. The van der Waals surface area contributed by atoms with Gasteiger partial charge in [-0.1, -0.05) is 30.3 Å². The normalized spacial score (nSPS) is 11.0. The van der Waals surface area contributed by atoms with Crippen LogP contribution in [0.25, 0.3) is 0 Å². The number of benzene rings is 2. The van der Waals surface area contributed by atoms with Gasteiger partial charge in [0.05, 0.1) is 20.3 Å². The van der Waals surface area contributed by atoms with Crippen LogP contribution in [-0.4, -0.2) is 33.3 Å². The molecule has 0 heterocycles. The summed E-state index contributed by atoms with van der Waals surface area (Å²) in [6.45, 7) is 2.33. The zero-order valence-corrected chi connectivity index (χ0v) is 18.1. The van der Waals surface area contributed by atoms with Crippen molar-refractivity contribution in [3.8, 4) is 5.75 Å². The van der Waals surface area contributed by atoms with Crippen molar-refractivity contribution in [3.05, 3.63) is 59.7 Å². The summed E-state index contributed by atoms with van der Waals surface area (Å²) in [5, 5.41) is 3.12. The number of anilines is 1. The highest BCUT2D eigenvalue weighted by atomic mass is 127. The fourth-order valence-electron chi connectivity index (χ4n) is 2.38. The van der Waals surface area contributed by atoms with Crippen molar-refractivity contribution in [2.75, 3.05) is 32.7 Å². The third-order valence-electron chi connectivity index (χ3n) is 3.74. The second-order valence-corrected chi connectivity index (χ2v) is 5.74. The van der Waals surface area contributed by atoms with Gasteiger partial charge in [0.25, 0.3) is 0 Å². The number of para-hydroxylation sites is 1. The van der Waals surface area contributed by atoms with Gasteiger partial charge in [0.2, 0.25) is 0 Å². The fourth-order valence-corrected chi connectivity index (χ4v) is 2.38. The van der Waals surface area contributed by atoms with E-state index in [2.05, 4.69) is 10.3 Å². The van der Waals surface area contributed by atoms with Crippen LogP contribution < -0.4 is 15.8 Å². The van der Waals surface area contributed by atoms with Crippen LogP contribution in [0.15, 0.2) is 53.5 Å². The fraction of sp³-hybridized carbons (Fsp3) is 0.350. The molecule has 0 radical (unpaired) electrons. The van der Waals surface area contributed by atoms with E-state index in [9.17, 15) is 0 Å². The van der Waals surface area contributed by atoms with E-state index < -0.39 is 0 Å². The minimum absolute atomic E-state index is 0. The van der Waals surface area contributed by atoms with Crippen molar-refractivity contribution in [3.63, 3.8) is 0 Å². The van der Waals surface area contributed by atoms with Crippen LogP contribution in [0.2, 0.25) is 0 Å². The van der Waals surface area contributed by atoms with E-state index in [-0.39, 0.29) is 24.0 Å². The molecule has 0 aliphatic carbocycles. The monoisotopic (exact) mass is 485 g/mol. The van der Waals surface area contributed by atoms with E-state index in [0.717, 1.165) is 29.0 Å². The lowest BCUT2D eigenvalue weighted by Crippen LogP contribution is -2.23. The van der Waals surface area contributed by atoms with E-state index in [1.54, 1.807) is 14.2 Å². The smallest absolute Gasteiger partial charge is 0.193 e. The van der Waals surface area contributed by atoms with Gasteiger partial charge in [-0.2, -0.15) is 0 Å². The minimum Gasteiger partial charge on any atom is -0.497 e. The largest absolute Gasteiger partial charge is 0.497 e. The van der Waals surface area contributed by atoms with Crippen LogP contribution in [0, 0.1) is 0 Å². The molecule has 0 saturated heterocycles. The van der Waals surface area contributed by atoms with E-state index in [0.29, 0.717) is 32.3 Å². The summed E-state index contributed by atoms with van der Waals surface area (Å²) < 4.78 is 16.0. The highest BCUT2D eigenvalue weighted by Gasteiger charge is 2.02. The number of halogens is 1. The summed E-state index contributed by atoms with van der Waals surface area (Å²) in [6, 6.07) is 15.7. The summed E-state index contributed by atoms with van der Waals surface area (Å²) in [4.78, 5) is 4.33. The van der Waals surface area contributed by atoms with Gasteiger partial charge < -0.3 is 25.3 Å². The molecule has 148 valence electrons. The Bertz CT molecular complexity index is 693. The molecule has 0 amide bonds. The topological polar surface area (TPSA) is 78.1 Å². The molecule has 0 saturated carbocycles. The summed E-state index contributed by atoms with van der Waals surface area (Å²) >= 11 is 0.